The van der Waals surface area contributed by atoms with Crippen molar-refractivity contribution >= 4 is 34.2 Å². The van der Waals surface area contributed by atoms with Gasteiger partial charge in [-0.25, -0.2) is 0 Å². The molecule has 4 aliphatic rings. The third-order valence-corrected chi connectivity index (χ3v) is 11.2. The van der Waals surface area contributed by atoms with E-state index in [1.54, 1.807) is 0 Å². The topological polar surface area (TPSA) is 82.5 Å². The summed E-state index contributed by atoms with van der Waals surface area (Å²) in [6.45, 7) is 16.8. The number of hydrogen-bond donors (Lipinski definition) is 1. The number of amides is 1. The minimum atomic E-state index is -0.105. The fraction of sp³-hybridized carbons (Fsp3) is 0.606. The lowest BCUT2D eigenvalue weighted by Crippen LogP contribution is -2.60. The lowest BCUT2D eigenvalue weighted by molar-refractivity contribution is -0.127. The minimum Gasteiger partial charge on any atom is -0.378 e. The van der Waals surface area contributed by atoms with Crippen LogP contribution < -0.4 is 4.90 Å². The summed E-state index contributed by atoms with van der Waals surface area (Å²) in [5.74, 6) is 1.01. The standard InChI is InChI=1S/C33H44ClN7O2/c1-6-28(42)38-12-9-22(10-13-38)41-21(3)29(30-26-17-35-36-27(26)15-20(2)31(30)34)32(37-41)39-14-11-23(16-33(39,4)5)40-24-7-8-25(40)19-43-18-24/h6,15,17,22-25H,1,7-14,16,18-19H2,2-5H3,(H,35,36). The van der Waals surface area contributed by atoms with Gasteiger partial charge in [0.1, 0.15) is 0 Å². The smallest absolute Gasteiger partial charge is 0.245 e. The van der Waals surface area contributed by atoms with E-state index in [2.05, 4.69) is 65.0 Å². The lowest BCUT2D eigenvalue weighted by atomic mass is 9.84. The molecule has 3 atom stereocenters. The third kappa shape index (κ3) is 4.79. The van der Waals surface area contributed by atoms with Crippen LogP contribution in [-0.4, -0.2) is 92.2 Å². The van der Waals surface area contributed by atoms with E-state index in [9.17, 15) is 4.79 Å². The van der Waals surface area contributed by atoms with Gasteiger partial charge in [0.05, 0.1) is 36.0 Å². The Labute approximate surface area is 259 Å². The maximum atomic E-state index is 12.3. The molecule has 1 N–H and O–H groups in total. The number of halogens is 1. The molecule has 43 heavy (non-hydrogen) atoms. The molecule has 7 rings (SSSR count). The fourth-order valence-corrected chi connectivity index (χ4v) is 8.77. The van der Waals surface area contributed by atoms with Crippen LogP contribution in [0.5, 0.6) is 0 Å². The zero-order chi connectivity index (χ0) is 30.0. The number of benzene rings is 1. The van der Waals surface area contributed by atoms with E-state index >= 15 is 0 Å². The lowest BCUT2D eigenvalue weighted by Gasteiger charge is -2.51. The van der Waals surface area contributed by atoms with Crippen molar-refractivity contribution in [2.24, 2.45) is 0 Å². The molecule has 6 heterocycles. The van der Waals surface area contributed by atoms with Gasteiger partial charge in [-0.15, -0.1) is 0 Å². The highest BCUT2D eigenvalue weighted by molar-refractivity contribution is 6.36. The highest BCUT2D eigenvalue weighted by Gasteiger charge is 2.47. The van der Waals surface area contributed by atoms with Gasteiger partial charge in [-0.05, 0) is 83.9 Å². The molecule has 1 aromatic carbocycles. The second-order valence-electron chi connectivity index (χ2n) is 13.7. The van der Waals surface area contributed by atoms with Crippen LogP contribution in [0.25, 0.3) is 22.0 Å². The molecule has 2 aromatic heterocycles. The summed E-state index contributed by atoms with van der Waals surface area (Å²) in [5.41, 5.74) is 5.11. The second kappa shape index (κ2) is 10.9. The van der Waals surface area contributed by atoms with Gasteiger partial charge >= 0.3 is 0 Å². The Morgan fingerprint density at radius 1 is 1.05 bits per heavy atom. The molecule has 3 aromatic rings. The first kappa shape index (κ1) is 28.9. The fourth-order valence-electron chi connectivity index (χ4n) is 8.52. The molecule has 230 valence electrons. The zero-order valence-corrected chi connectivity index (χ0v) is 26.7. The quantitative estimate of drug-likeness (QED) is 0.378. The summed E-state index contributed by atoms with van der Waals surface area (Å²) in [6, 6.07) is 3.94. The summed E-state index contributed by atoms with van der Waals surface area (Å²) in [4.78, 5) is 19.5. The number of aromatic amines is 1. The molecule has 9 nitrogen and oxygen atoms in total. The number of fused-ring (bicyclic) bond motifs is 3. The first-order valence-electron chi connectivity index (χ1n) is 15.9. The summed E-state index contributed by atoms with van der Waals surface area (Å²) in [6.07, 6.45) is 9.71. The van der Waals surface area contributed by atoms with Crippen molar-refractivity contribution in [3.63, 3.8) is 0 Å². The number of H-pyrrole nitrogens is 1. The average molecular weight is 606 g/mol. The predicted molar refractivity (Wildman–Crippen MR) is 171 cm³/mol. The van der Waals surface area contributed by atoms with E-state index in [1.165, 1.54) is 18.9 Å². The molecular formula is C33H44ClN7O2. The molecule has 3 unspecified atom stereocenters. The Bertz CT molecular complexity index is 1540. The number of anilines is 1. The van der Waals surface area contributed by atoms with Crippen molar-refractivity contribution in [3.8, 4) is 11.1 Å². The zero-order valence-electron chi connectivity index (χ0n) is 25.9. The summed E-state index contributed by atoms with van der Waals surface area (Å²) in [5, 5.41) is 14.8. The number of aryl methyl sites for hydroxylation is 1. The van der Waals surface area contributed by atoms with Gasteiger partial charge in [0.25, 0.3) is 0 Å². The van der Waals surface area contributed by atoms with Gasteiger partial charge in [0.15, 0.2) is 5.82 Å². The van der Waals surface area contributed by atoms with Gasteiger partial charge in [-0.1, -0.05) is 18.2 Å². The van der Waals surface area contributed by atoms with Crippen molar-refractivity contribution in [2.75, 3.05) is 37.7 Å². The summed E-state index contributed by atoms with van der Waals surface area (Å²) >= 11 is 7.18. The maximum Gasteiger partial charge on any atom is 0.245 e. The van der Waals surface area contributed by atoms with Crippen molar-refractivity contribution in [1.29, 1.82) is 0 Å². The summed E-state index contributed by atoms with van der Waals surface area (Å²) < 4.78 is 8.15. The molecule has 0 saturated carbocycles. The minimum absolute atomic E-state index is 0.00392. The number of aromatic nitrogens is 4. The monoisotopic (exact) mass is 605 g/mol. The molecule has 4 fully saturated rings. The molecule has 4 saturated heterocycles. The van der Waals surface area contributed by atoms with Crippen LogP contribution in [0.3, 0.4) is 0 Å². The van der Waals surface area contributed by atoms with Crippen molar-refractivity contribution in [3.05, 3.63) is 41.2 Å². The van der Waals surface area contributed by atoms with Gasteiger partial charge in [0.2, 0.25) is 5.91 Å². The van der Waals surface area contributed by atoms with E-state index in [4.69, 9.17) is 21.4 Å². The number of hydrogen-bond acceptors (Lipinski definition) is 6. The highest BCUT2D eigenvalue weighted by atomic mass is 35.5. The van der Waals surface area contributed by atoms with Crippen LogP contribution in [0.4, 0.5) is 5.82 Å². The van der Waals surface area contributed by atoms with Gasteiger partial charge in [0, 0.05) is 65.5 Å². The first-order chi connectivity index (χ1) is 20.7. The Kier molecular flexibility index (Phi) is 7.34. The number of morpholine rings is 1. The highest BCUT2D eigenvalue weighted by Crippen LogP contribution is 2.48. The van der Waals surface area contributed by atoms with E-state index in [1.807, 2.05) is 11.1 Å². The number of piperidine rings is 2. The van der Waals surface area contributed by atoms with Gasteiger partial charge in [-0.2, -0.15) is 10.2 Å². The second-order valence-corrected chi connectivity index (χ2v) is 14.1. The van der Waals surface area contributed by atoms with Crippen LogP contribution >= 0.6 is 11.6 Å². The van der Waals surface area contributed by atoms with Crippen LogP contribution in [0.1, 0.15) is 69.7 Å². The first-order valence-corrected chi connectivity index (χ1v) is 16.3. The molecule has 4 aliphatic heterocycles. The molecular weight excluding hydrogens is 562 g/mol. The number of nitrogens with zero attached hydrogens (tertiary/aromatic N) is 6. The molecule has 0 radical (unpaired) electrons. The van der Waals surface area contributed by atoms with Crippen molar-refractivity contribution in [2.45, 2.75) is 95.9 Å². The Morgan fingerprint density at radius 2 is 1.74 bits per heavy atom. The number of rotatable bonds is 5. The largest absolute Gasteiger partial charge is 0.378 e. The van der Waals surface area contributed by atoms with E-state index in [-0.39, 0.29) is 17.5 Å². The number of carbonyl (C=O) groups excluding carboxylic acids is 1. The van der Waals surface area contributed by atoms with Crippen LogP contribution in [0.15, 0.2) is 24.9 Å². The summed E-state index contributed by atoms with van der Waals surface area (Å²) in [7, 11) is 0. The number of nitrogens with one attached hydrogen (secondary N) is 1. The molecule has 1 amide bonds. The van der Waals surface area contributed by atoms with E-state index < -0.39 is 0 Å². The third-order valence-electron chi connectivity index (χ3n) is 10.7. The van der Waals surface area contributed by atoms with Crippen molar-refractivity contribution in [1.82, 2.24) is 29.8 Å². The Morgan fingerprint density at radius 3 is 2.42 bits per heavy atom. The Balaban J connectivity index is 1.29. The van der Waals surface area contributed by atoms with Crippen molar-refractivity contribution < 1.29 is 9.53 Å². The molecule has 0 spiro atoms. The predicted octanol–water partition coefficient (Wildman–Crippen LogP) is 5.66. The van der Waals surface area contributed by atoms with E-state index in [0.717, 1.165) is 89.6 Å². The molecule has 0 aliphatic carbocycles. The van der Waals surface area contributed by atoms with Crippen LogP contribution in [0.2, 0.25) is 5.02 Å². The van der Waals surface area contributed by atoms with Crippen LogP contribution in [0, 0.1) is 13.8 Å². The molecule has 2 bridgehead atoms. The van der Waals surface area contributed by atoms with Gasteiger partial charge in [-0.3, -0.25) is 19.5 Å². The Hall–Kier alpha value is -2.88. The van der Waals surface area contributed by atoms with Gasteiger partial charge < -0.3 is 14.5 Å². The normalized spacial score (nSPS) is 26.4. The average Bonchev–Trinajstić information content (AvgIpc) is 3.66. The SMILES string of the molecule is C=CC(=O)N1CCC(n2nc(N3CCC(N4C5CCC4COC5)CC3(C)C)c(-c3c(Cl)c(C)cc4[nH]ncc34)c2C)CC1. The maximum absolute atomic E-state index is 12.3. The van der Waals surface area contributed by atoms with Crippen LogP contribution in [-0.2, 0) is 9.53 Å². The number of carbonyl (C=O) groups is 1. The van der Waals surface area contributed by atoms with E-state index in [0.29, 0.717) is 31.2 Å². The molecule has 10 heteroatoms. The number of ether oxygens (including phenoxy) is 1. The number of likely N-dealkylation sites (tertiary alicyclic amines) is 1.